The first kappa shape index (κ1) is 12.3. The number of para-hydroxylation sites is 1. The Bertz CT molecular complexity index is 356. The molecule has 1 fully saturated rings. The van der Waals surface area contributed by atoms with Crippen molar-refractivity contribution in [3.05, 3.63) is 29.8 Å². The van der Waals surface area contributed by atoms with Crippen molar-refractivity contribution >= 4 is 5.69 Å². The van der Waals surface area contributed by atoms with Crippen LogP contribution in [0.3, 0.4) is 0 Å². The van der Waals surface area contributed by atoms with Crippen LogP contribution in [0.1, 0.15) is 6.92 Å². The zero-order valence-corrected chi connectivity index (χ0v) is 9.92. The zero-order chi connectivity index (χ0) is 12.3. The number of nitrogens with one attached hydrogen (secondary N) is 1. The molecule has 0 bridgehead atoms. The van der Waals surface area contributed by atoms with E-state index in [-0.39, 0.29) is 5.69 Å². The minimum absolute atomic E-state index is 0.0579. The SMILES string of the molecule is CCN1CCN(Nc2c(F)cccc2F)CC1. The summed E-state index contributed by atoms with van der Waals surface area (Å²) in [5, 5.41) is 1.85. The summed E-state index contributed by atoms with van der Waals surface area (Å²) < 4.78 is 26.8. The normalized spacial score (nSPS) is 18.3. The fourth-order valence-corrected chi connectivity index (χ4v) is 1.94. The van der Waals surface area contributed by atoms with Crippen LogP contribution in [0.15, 0.2) is 18.2 Å². The van der Waals surface area contributed by atoms with Gasteiger partial charge in [0.15, 0.2) is 11.6 Å². The minimum Gasteiger partial charge on any atom is -0.314 e. The highest BCUT2D eigenvalue weighted by molar-refractivity contribution is 5.45. The van der Waals surface area contributed by atoms with E-state index in [1.165, 1.54) is 18.2 Å². The molecule has 0 saturated carbocycles. The smallest absolute Gasteiger partial charge is 0.150 e. The van der Waals surface area contributed by atoms with Crippen LogP contribution in [-0.2, 0) is 0 Å². The Morgan fingerprint density at radius 3 is 2.24 bits per heavy atom. The number of nitrogens with zero attached hydrogens (tertiary/aromatic N) is 2. The molecule has 1 heterocycles. The predicted molar refractivity (Wildman–Crippen MR) is 63.7 cm³/mol. The summed E-state index contributed by atoms with van der Waals surface area (Å²) in [6, 6.07) is 3.88. The van der Waals surface area contributed by atoms with Crippen LogP contribution in [-0.4, -0.2) is 42.6 Å². The largest absolute Gasteiger partial charge is 0.314 e. The number of benzene rings is 1. The van der Waals surface area contributed by atoms with Crippen molar-refractivity contribution in [2.24, 2.45) is 0 Å². The molecular formula is C12H17F2N3. The van der Waals surface area contributed by atoms with Crippen molar-refractivity contribution < 1.29 is 8.78 Å². The van der Waals surface area contributed by atoms with Gasteiger partial charge in [0, 0.05) is 26.2 Å². The number of rotatable bonds is 3. The fourth-order valence-electron chi connectivity index (χ4n) is 1.94. The summed E-state index contributed by atoms with van der Waals surface area (Å²) in [4.78, 5) is 2.30. The molecule has 1 aromatic rings. The van der Waals surface area contributed by atoms with Gasteiger partial charge < -0.3 is 10.3 Å². The van der Waals surface area contributed by atoms with Gasteiger partial charge in [-0.3, -0.25) is 0 Å². The highest BCUT2D eigenvalue weighted by atomic mass is 19.1. The third kappa shape index (κ3) is 2.92. The van der Waals surface area contributed by atoms with Crippen LogP contribution < -0.4 is 5.43 Å². The van der Waals surface area contributed by atoms with Gasteiger partial charge in [0.05, 0.1) is 0 Å². The molecule has 0 amide bonds. The van der Waals surface area contributed by atoms with Crippen molar-refractivity contribution in [1.82, 2.24) is 9.91 Å². The maximum Gasteiger partial charge on any atom is 0.150 e. The summed E-state index contributed by atoms with van der Waals surface area (Å²) in [7, 11) is 0. The lowest BCUT2D eigenvalue weighted by Gasteiger charge is -2.34. The molecule has 0 radical (unpaired) electrons. The molecule has 17 heavy (non-hydrogen) atoms. The van der Waals surface area contributed by atoms with Gasteiger partial charge in [-0.25, -0.2) is 13.8 Å². The number of hydrogen-bond donors (Lipinski definition) is 1. The molecule has 0 unspecified atom stereocenters. The molecule has 1 saturated heterocycles. The van der Waals surface area contributed by atoms with E-state index < -0.39 is 11.6 Å². The number of hydrogen-bond acceptors (Lipinski definition) is 3. The Kier molecular flexibility index (Phi) is 3.91. The second kappa shape index (κ2) is 5.42. The second-order valence-corrected chi connectivity index (χ2v) is 4.13. The number of halogens is 2. The summed E-state index contributed by atoms with van der Waals surface area (Å²) in [6.45, 7) is 6.49. The van der Waals surface area contributed by atoms with Gasteiger partial charge in [-0.05, 0) is 18.7 Å². The van der Waals surface area contributed by atoms with E-state index >= 15 is 0 Å². The van der Waals surface area contributed by atoms with Crippen LogP contribution in [0.4, 0.5) is 14.5 Å². The van der Waals surface area contributed by atoms with Crippen LogP contribution in [0, 0.1) is 11.6 Å². The molecule has 5 heteroatoms. The molecule has 1 aliphatic rings. The lowest BCUT2D eigenvalue weighted by atomic mass is 10.3. The first-order chi connectivity index (χ1) is 8.20. The van der Waals surface area contributed by atoms with E-state index in [2.05, 4.69) is 17.2 Å². The van der Waals surface area contributed by atoms with E-state index in [1.807, 2.05) is 5.01 Å². The molecule has 0 aliphatic carbocycles. The lowest BCUT2D eigenvalue weighted by molar-refractivity contribution is 0.158. The molecular weight excluding hydrogens is 224 g/mol. The van der Waals surface area contributed by atoms with Crippen LogP contribution >= 0.6 is 0 Å². The highest BCUT2D eigenvalue weighted by Crippen LogP contribution is 2.19. The highest BCUT2D eigenvalue weighted by Gasteiger charge is 2.17. The number of hydrazine groups is 1. The minimum atomic E-state index is -0.553. The average molecular weight is 241 g/mol. The maximum absolute atomic E-state index is 13.4. The van der Waals surface area contributed by atoms with Crippen molar-refractivity contribution in [1.29, 1.82) is 0 Å². The zero-order valence-electron chi connectivity index (χ0n) is 9.92. The second-order valence-electron chi connectivity index (χ2n) is 4.13. The number of anilines is 1. The Balaban J connectivity index is 1.98. The van der Waals surface area contributed by atoms with E-state index in [9.17, 15) is 8.78 Å². The third-order valence-corrected chi connectivity index (χ3v) is 3.05. The number of piperazine rings is 1. The fraction of sp³-hybridized carbons (Fsp3) is 0.500. The Labute approximate surface area is 100.0 Å². The summed E-state index contributed by atoms with van der Waals surface area (Å²) in [6.07, 6.45) is 0. The third-order valence-electron chi connectivity index (χ3n) is 3.05. The monoisotopic (exact) mass is 241 g/mol. The van der Waals surface area contributed by atoms with Crippen molar-refractivity contribution in [3.63, 3.8) is 0 Å². The molecule has 3 nitrogen and oxygen atoms in total. The first-order valence-electron chi connectivity index (χ1n) is 5.88. The van der Waals surface area contributed by atoms with E-state index in [0.717, 1.165) is 32.7 Å². The molecule has 2 rings (SSSR count). The van der Waals surface area contributed by atoms with E-state index in [4.69, 9.17) is 0 Å². The van der Waals surface area contributed by atoms with Crippen molar-refractivity contribution in [2.75, 3.05) is 38.1 Å². The molecule has 1 N–H and O–H groups in total. The lowest BCUT2D eigenvalue weighted by Crippen LogP contribution is -2.48. The van der Waals surface area contributed by atoms with Crippen LogP contribution in [0.5, 0.6) is 0 Å². The summed E-state index contributed by atoms with van der Waals surface area (Å²) in [5.74, 6) is -1.11. The number of likely N-dealkylation sites (N-methyl/N-ethyl adjacent to an activating group) is 1. The van der Waals surface area contributed by atoms with Gasteiger partial charge in [0.2, 0.25) is 0 Å². The van der Waals surface area contributed by atoms with Crippen LogP contribution in [0.2, 0.25) is 0 Å². The Morgan fingerprint density at radius 2 is 1.71 bits per heavy atom. The van der Waals surface area contributed by atoms with Crippen molar-refractivity contribution in [2.45, 2.75) is 6.92 Å². The Morgan fingerprint density at radius 1 is 1.12 bits per heavy atom. The molecule has 1 aromatic carbocycles. The first-order valence-corrected chi connectivity index (χ1v) is 5.88. The molecule has 94 valence electrons. The van der Waals surface area contributed by atoms with Gasteiger partial charge in [-0.2, -0.15) is 0 Å². The van der Waals surface area contributed by atoms with Gasteiger partial charge in [-0.1, -0.05) is 13.0 Å². The molecule has 1 aliphatic heterocycles. The van der Waals surface area contributed by atoms with Gasteiger partial charge in [-0.15, -0.1) is 0 Å². The topological polar surface area (TPSA) is 18.5 Å². The Hall–Kier alpha value is -1.20. The predicted octanol–water partition coefficient (Wildman–Crippen LogP) is 1.93. The summed E-state index contributed by atoms with van der Waals surface area (Å²) in [5.41, 5.74) is 2.76. The van der Waals surface area contributed by atoms with Gasteiger partial charge >= 0.3 is 0 Å². The van der Waals surface area contributed by atoms with Crippen LogP contribution in [0.25, 0.3) is 0 Å². The summed E-state index contributed by atoms with van der Waals surface area (Å²) >= 11 is 0. The molecule has 0 aromatic heterocycles. The van der Waals surface area contributed by atoms with E-state index in [0.29, 0.717) is 0 Å². The maximum atomic E-state index is 13.4. The molecule has 0 atom stereocenters. The van der Waals surface area contributed by atoms with Gasteiger partial charge in [0.25, 0.3) is 0 Å². The average Bonchev–Trinajstić information content (AvgIpc) is 2.35. The molecule has 0 spiro atoms. The van der Waals surface area contributed by atoms with Gasteiger partial charge in [0.1, 0.15) is 5.69 Å². The van der Waals surface area contributed by atoms with Crippen molar-refractivity contribution in [3.8, 4) is 0 Å². The quantitative estimate of drug-likeness (QED) is 0.872. The van der Waals surface area contributed by atoms with E-state index in [1.54, 1.807) is 0 Å². The standard InChI is InChI=1S/C12H17F2N3/c1-2-16-6-8-17(9-7-16)15-12-10(13)4-3-5-11(12)14/h3-5,15H,2,6-9H2,1H3.